The van der Waals surface area contributed by atoms with Crippen molar-refractivity contribution in [1.29, 1.82) is 0 Å². The van der Waals surface area contributed by atoms with Crippen molar-refractivity contribution >= 4 is 23.1 Å². The van der Waals surface area contributed by atoms with Crippen molar-refractivity contribution in [2.75, 3.05) is 62.9 Å². The van der Waals surface area contributed by atoms with Crippen molar-refractivity contribution in [3.8, 4) is 0 Å². The highest BCUT2D eigenvalue weighted by Gasteiger charge is 2.29. The fourth-order valence-corrected chi connectivity index (χ4v) is 4.04. The van der Waals surface area contributed by atoms with Crippen molar-refractivity contribution < 1.29 is 0 Å². The van der Waals surface area contributed by atoms with E-state index in [1.54, 1.807) is 0 Å². The second-order valence-electron chi connectivity index (χ2n) is 8.86. The molecule has 1 aliphatic rings. The summed E-state index contributed by atoms with van der Waals surface area (Å²) in [4.78, 5) is 16.3. The summed E-state index contributed by atoms with van der Waals surface area (Å²) < 4.78 is 0. The summed E-state index contributed by atoms with van der Waals surface area (Å²) in [5.74, 6) is 1.62. The maximum Gasteiger partial charge on any atom is 0.229 e. The molecule has 0 spiro atoms. The Morgan fingerprint density at radius 3 is 2.56 bits per heavy atom. The number of allylic oxidation sites excluding steroid dienone is 1. The molecular formula is C25H39N7. The molecule has 1 aromatic heterocycles. The molecule has 0 fully saturated rings. The molecule has 0 radical (unpaired) electrons. The van der Waals surface area contributed by atoms with Gasteiger partial charge in [-0.2, -0.15) is 4.98 Å². The highest BCUT2D eigenvalue weighted by atomic mass is 15.3. The van der Waals surface area contributed by atoms with Crippen LogP contribution in [0.5, 0.6) is 0 Å². The number of likely N-dealkylation sites (N-methyl/N-ethyl adjacent to an activating group) is 2. The maximum absolute atomic E-state index is 4.86. The molecule has 0 saturated carbocycles. The van der Waals surface area contributed by atoms with Crippen LogP contribution < -0.4 is 15.5 Å². The predicted molar refractivity (Wildman–Crippen MR) is 136 cm³/mol. The van der Waals surface area contributed by atoms with Crippen molar-refractivity contribution in [3.05, 3.63) is 48.3 Å². The minimum atomic E-state index is 0.426. The topological polar surface area (TPSA) is 59.6 Å². The lowest BCUT2D eigenvalue weighted by molar-refractivity contribution is 0.289. The van der Waals surface area contributed by atoms with Crippen LogP contribution in [-0.4, -0.2) is 73.1 Å². The fourth-order valence-electron chi connectivity index (χ4n) is 4.04. The molecule has 0 aliphatic carbocycles. The first-order valence-electron chi connectivity index (χ1n) is 11.7. The van der Waals surface area contributed by atoms with Crippen LogP contribution in [0.1, 0.15) is 32.3 Å². The number of anilines is 4. The van der Waals surface area contributed by atoms with Crippen LogP contribution in [0.15, 0.2) is 42.7 Å². The van der Waals surface area contributed by atoms with E-state index in [0.717, 1.165) is 73.9 Å². The first kappa shape index (κ1) is 24.0. The molecular weight excluding hydrogens is 398 g/mol. The molecule has 0 bridgehead atoms. The lowest BCUT2D eigenvalue weighted by Gasteiger charge is -2.28. The second-order valence-corrected chi connectivity index (χ2v) is 8.86. The summed E-state index contributed by atoms with van der Waals surface area (Å²) in [6.07, 6.45) is 4.90. The van der Waals surface area contributed by atoms with Crippen LogP contribution in [0, 0.1) is 0 Å². The normalized spacial score (nSPS) is 13.4. The summed E-state index contributed by atoms with van der Waals surface area (Å²) in [5.41, 5.74) is 4.33. The smallest absolute Gasteiger partial charge is 0.229 e. The van der Waals surface area contributed by atoms with E-state index in [9.17, 15) is 0 Å². The molecule has 7 nitrogen and oxygen atoms in total. The SMILES string of the molecule is C=C1Cc2cnc(Nc3cccc(NCCN(C)CCN(C)C)c3)nc2N1C(CC)CC. The van der Waals surface area contributed by atoms with Gasteiger partial charge in [0.1, 0.15) is 5.82 Å². The first-order chi connectivity index (χ1) is 15.4. The van der Waals surface area contributed by atoms with Crippen LogP contribution in [0.4, 0.5) is 23.1 Å². The van der Waals surface area contributed by atoms with Gasteiger partial charge in [0.25, 0.3) is 0 Å². The van der Waals surface area contributed by atoms with E-state index in [-0.39, 0.29) is 0 Å². The molecule has 1 aliphatic heterocycles. The number of nitrogens with zero attached hydrogens (tertiary/aromatic N) is 5. The zero-order chi connectivity index (χ0) is 23.1. The molecule has 7 heteroatoms. The van der Waals surface area contributed by atoms with E-state index in [2.05, 4.69) is 84.0 Å². The molecule has 2 heterocycles. The number of benzene rings is 1. The maximum atomic E-state index is 4.86. The Morgan fingerprint density at radius 2 is 1.84 bits per heavy atom. The lowest BCUT2D eigenvalue weighted by Crippen LogP contribution is -2.32. The first-order valence-corrected chi connectivity index (χ1v) is 11.7. The Hall–Kier alpha value is -2.64. The lowest BCUT2D eigenvalue weighted by atomic mass is 10.1. The molecule has 0 unspecified atom stereocenters. The van der Waals surface area contributed by atoms with Crippen LogP contribution in [-0.2, 0) is 6.42 Å². The summed E-state index contributed by atoms with van der Waals surface area (Å²) in [7, 11) is 6.37. The van der Waals surface area contributed by atoms with Crippen molar-refractivity contribution in [2.24, 2.45) is 0 Å². The molecule has 1 aromatic carbocycles. The quantitative estimate of drug-likeness (QED) is 0.516. The van der Waals surface area contributed by atoms with Crippen molar-refractivity contribution in [3.63, 3.8) is 0 Å². The van der Waals surface area contributed by atoms with E-state index in [4.69, 9.17) is 4.98 Å². The molecule has 2 aromatic rings. The third kappa shape index (κ3) is 6.20. The van der Waals surface area contributed by atoms with Gasteiger partial charge in [0.2, 0.25) is 5.95 Å². The average Bonchev–Trinajstić information content (AvgIpc) is 3.09. The molecule has 0 amide bonds. The van der Waals surface area contributed by atoms with Crippen molar-refractivity contribution in [2.45, 2.75) is 39.2 Å². The Balaban J connectivity index is 1.62. The van der Waals surface area contributed by atoms with Gasteiger partial charge < -0.3 is 25.3 Å². The zero-order valence-electron chi connectivity index (χ0n) is 20.4. The van der Waals surface area contributed by atoms with Gasteiger partial charge in [-0.3, -0.25) is 0 Å². The minimum Gasteiger partial charge on any atom is -0.384 e. The number of hydrogen-bond acceptors (Lipinski definition) is 7. The van der Waals surface area contributed by atoms with E-state index in [1.165, 1.54) is 0 Å². The Labute approximate surface area is 193 Å². The van der Waals surface area contributed by atoms with Crippen LogP contribution >= 0.6 is 0 Å². The molecule has 32 heavy (non-hydrogen) atoms. The largest absolute Gasteiger partial charge is 0.384 e. The molecule has 174 valence electrons. The number of rotatable bonds is 12. The van der Waals surface area contributed by atoms with Crippen molar-refractivity contribution in [1.82, 2.24) is 19.8 Å². The third-order valence-electron chi connectivity index (χ3n) is 5.98. The average molecular weight is 438 g/mol. The highest BCUT2D eigenvalue weighted by Crippen LogP contribution is 2.35. The van der Waals surface area contributed by atoms with Gasteiger partial charge in [-0.05, 0) is 52.2 Å². The highest BCUT2D eigenvalue weighted by molar-refractivity contribution is 5.65. The van der Waals surface area contributed by atoms with Crippen LogP contribution in [0.3, 0.4) is 0 Å². The predicted octanol–water partition coefficient (Wildman–Crippen LogP) is 4.19. The van der Waals surface area contributed by atoms with Gasteiger partial charge in [-0.15, -0.1) is 0 Å². The summed E-state index contributed by atoms with van der Waals surface area (Å²) >= 11 is 0. The minimum absolute atomic E-state index is 0.426. The molecule has 3 rings (SSSR count). The zero-order valence-corrected chi connectivity index (χ0v) is 20.4. The van der Waals surface area contributed by atoms with Crippen LogP contribution in [0.25, 0.3) is 0 Å². The third-order valence-corrected chi connectivity index (χ3v) is 5.98. The summed E-state index contributed by atoms with van der Waals surface area (Å²) in [6, 6.07) is 8.71. The molecule has 0 atom stereocenters. The second kappa shape index (κ2) is 11.3. The Kier molecular flexibility index (Phi) is 8.47. The van der Waals surface area contributed by atoms with E-state index in [0.29, 0.717) is 12.0 Å². The van der Waals surface area contributed by atoms with Gasteiger partial charge in [0.15, 0.2) is 0 Å². The van der Waals surface area contributed by atoms with Gasteiger partial charge in [-0.25, -0.2) is 4.98 Å². The summed E-state index contributed by atoms with van der Waals surface area (Å²) in [6.45, 7) is 12.7. The van der Waals surface area contributed by atoms with Crippen LogP contribution in [0.2, 0.25) is 0 Å². The van der Waals surface area contributed by atoms with Gasteiger partial charge in [-0.1, -0.05) is 26.5 Å². The molecule has 0 saturated heterocycles. The summed E-state index contributed by atoms with van der Waals surface area (Å²) in [5, 5.41) is 6.90. The molecule has 2 N–H and O–H groups in total. The standard InChI is InChI=1S/C25H39N7/c1-7-23(8-2)32-19(3)16-20-18-27-25(29-24(20)32)28-22-11-9-10-21(17-22)26-12-13-31(6)15-14-30(4)5/h9-11,17-18,23,26H,3,7-8,12-16H2,1-2,4-6H3,(H,27,28,29). The number of fused-ring (bicyclic) bond motifs is 1. The number of hydrogen-bond donors (Lipinski definition) is 2. The van der Waals surface area contributed by atoms with E-state index >= 15 is 0 Å². The van der Waals surface area contributed by atoms with Gasteiger partial charge in [0, 0.05) is 67.5 Å². The van der Waals surface area contributed by atoms with E-state index in [1.807, 2.05) is 18.3 Å². The number of aromatic nitrogens is 2. The number of nitrogens with one attached hydrogen (secondary N) is 2. The van der Waals surface area contributed by atoms with Gasteiger partial charge in [0.05, 0.1) is 0 Å². The Bertz CT molecular complexity index is 892. The van der Waals surface area contributed by atoms with E-state index < -0.39 is 0 Å². The van der Waals surface area contributed by atoms with Gasteiger partial charge >= 0.3 is 0 Å². The fraction of sp³-hybridized carbons (Fsp3) is 0.520. The Morgan fingerprint density at radius 1 is 1.09 bits per heavy atom. The monoisotopic (exact) mass is 437 g/mol.